The molecule has 6 heteroatoms. The van der Waals surface area contributed by atoms with Crippen LogP contribution in [0.2, 0.25) is 0 Å². The summed E-state index contributed by atoms with van der Waals surface area (Å²) < 4.78 is 7.33. The summed E-state index contributed by atoms with van der Waals surface area (Å²) in [5.41, 5.74) is 0.710. The summed E-state index contributed by atoms with van der Waals surface area (Å²) >= 11 is 5.70. The first kappa shape index (κ1) is 16.3. The minimum absolute atomic E-state index is 0.295. The summed E-state index contributed by atoms with van der Waals surface area (Å²) in [5.74, 6) is -0.115. The van der Waals surface area contributed by atoms with Gasteiger partial charge in [-0.25, -0.2) is 4.79 Å². The Morgan fingerprint density at radius 1 is 1.40 bits per heavy atom. The van der Waals surface area contributed by atoms with Crippen molar-refractivity contribution >= 4 is 36.1 Å². The van der Waals surface area contributed by atoms with E-state index in [1.54, 1.807) is 13.0 Å². The normalized spacial score (nSPS) is 11.8. The van der Waals surface area contributed by atoms with Crippen molar-refractivity contribution in [2.45, 2.75) is 6.92 Å². The van der Waals surface area contributed by atoms with Gasteiger partial charge in [-0.1, -0.05) is 17.8 Å². The Labute approximate surface area is 128 Å². The highest BCUT2D eigenvalue weighted by Crippen LogP contribution is 2.24. The maximum Gasteiger partial charge on any atom is 0.330 e. The Balaban J connectivity index is 3.03. The van der Waals surface area contributed by atoms with E-state index < -0.39 is 5.97 Å². The lowest BCUT2D eigenvalue weighted by atomic mass is 10.3. The molecule has 0 aliphatic carbocycles. The number of nitrogens with zero attached hydrogens (tertiary/aromatic N) is 2. The second-order valence-electron chi connectivity index (χ2n) is 3.51. The van der Waals surface area contributed by atoms with Crippen LogP contribution in [0.5, 0.6) is 0 Å². The SMILES string of the molecule is CCOC(=O)/C=C/C(=C(\S)SCC#N)[n+]1ccccc1. The fraction of sp³-hybridized carbons (Fsp3) is 0.214. The molecule has 0 saturated heterocycles. The Morgan fingerprint density at radius 2 is 2.10 bits per heavy atom. The van der Waals surface area contributed by atoms with Crippen LogP contribution < -0.4 is 4.57 Å². The van der Waals surface area contributed by atoms with Gasteiger partial charge in [0.15, 0.2) is 12.4 Å². The first-order chi connectivity index (χ1) is 9.69. The van der Waals surface area contributed by atoms with Crippen LogP contribution in [-0.2, 0) is 9.53 Å². The van der Waals surface area contributed by atoms with Gasteiger partial charge in [0.25, 0.3) is 0 Å². The van der Waals surface area contributed by atoms with Crippen molar-refractivity contribution in [3.05, 3.63) is 47.0 Å². The van der Waals surface area contributed by atoms with Gasteiger partial charge in [0.2, 0.25) is 5.70 Å². The average Bonchev–Trinajstić information content (AvgIpc) is 2.46. The lowest BCUT2D eigenvalue weighted by Crippen LogP contribution is -2.30. The van der Waals surface area contributed by atoms with Crippen molar-refractivity contribution in [2.75, 3.05) is 12.4 Å². The molecule has 0 fully saturated rings. The number of pyridine rings is 1. The van der Waals surface area contributed by atoms with Gasteiger partial charge >= 0.3 is 5.97 Å². The van der Waals surface area contributed by atoms with Crippen molar-refractivity contribution < 1.29 is 14.1 Å². The van der Waals surface area contributed by atoms with Gasteiger partial charge in [-0.05, 0) is 6.92 Å². The summed E-state index contributed by atoms with van der Waals surface area (Å²) in [7, 11) is 0. The number of allylic oxidation sites excluding steroid dienone is 2. The third kappa shape index (κ3) is 5.51. The van der Waals surface area contributed by atoms with Crippen molar-refractivity contribution in [3.63, 3.8) is 0 Å². The van der Waals surface area contributed by atoms with Gasteiger partial charge in [0.1, 0.15) is 4.24 Å². The van der Waals surface area contributed by atoms with Gasteiger partial charge in [0, 0.05) is 24.3 Å². The van der Waals surface area contributed by atoms with Gasteiger partial charge in [-0.2, -0.15) is 9.83 Å². The number of thioether (sulfide) groups is 1. The van der Waals surface area contributed by atoms with Gasteiger partial charge in [-0.3, -0.25) is 0 Å². The maximum absolute atomic E-state index is 11.4. The molecule has 0 atom stereocenters. The summed E-state index contributed by atoms with van der Waals surface area (Å²) in [5, 5.41) is 8.63. The van der Waals surface area contributed by atoms with Crippen LogP contribution in [0.1, 0.15) is 6.92 Å². The topological polar surface area (TPSA) is 54.0 Å². The zero-order chi connectivity index (χ0) is 14.8. The lowest BCUT2D eigenvalue weighted by Gasteiger charge is -2.01. The molecule has 0 radical (unpaired) electrons. The molecule has 1 aromatic heterocycles. The smallest absolute Gasteiger partial charge is 0.330 e. The van der Waals surface area contributed by atoms with Crippen molar-refractivity contribution in [1.82, 2.24) is 0 Å². The van der Waals surface area contributed by atoms with E-state index >= 15 is 0 Å². The van der Waals surface area contributed by atoms with Crippen LogP contribution in [0.3, 0.4) is 0 Å². The molecule has 1 heterocycles. The first-order valence-electron chi connectivity index (χ1n) is 5.93. The predicted molar refractivity (Wildman–Crippen MR) is 82.7 cm³/mol. The van der Waals surface area contributed by atoms with E-state index in [2.05, 4.69) is 12.6 Å². The van der Waals surface area contributed by atoms with Crippen LogP contribution in [0.4, 0.5) is 0 Å². The summed E-state index contributed by atoms with van der Waals surface area (Å²) in [4.78, 5) is 11.4. The molecule has 20 heavy (non-hydrogen) atoms. The Morgan fingerprint density at radius 3 is 2.70 bits per heavy atom. The number of aromatic nitrogens is 1. The molecule has 1 aromatic rings. The molecular formula is C14H15N2O2S2+. The molecule has 104 valence electrons. The Kier molecular flexibility index (Phi) is 7.55. The minimum atomic E-state index is -0.409. The largest absolute Gasteiger partial charge is 0.463 e. The fourth-order valence-electron chi connectivity index (χ4n) is 1.34. The quantitative estimate of drug-likeness (QED) is 0.288. The van der Waals surface area contributed by atoms with Crippen LogP contribution in [0.25, 0.3) is 5.70 Å². The second-order valence-corrected chi connectivity index (χ2v) is 5.24. The lowest BCUT2D eigenvalue weighted by molar-refractivity contribution is -0.578. The number of thiol groups is 1. The number of hydrogen-bond acceptors (Lipinski definition) is 5. The minimum Gasteiger partial charge on any atom is -0.463 e. The summed E-state index contributed by atoms with van der Waals surface area (Å²) in [6.45, 7) is 2.08. The zero-order valence-corrected chi connectivity index (χ0v) is 12.7. The van der Waals surface area contributed by atoms with Crippen molar-refractivity contribution in [2.24, 2.45) is 0 Å². The van der Waals surface area contributed by atoms with E-state index in [9.17, 15) is 4.79 Å². The van der Waals surface area contributed by atoms with E-state index in [1.807, 2.05) is 41.2 Å². The molecule has 0 spiro atoms. The molecule has 0 aliphatic rings. The Bertz CT molecular complexity index is 548. The van der Waals surface area contributed by atoms with E-state index in [4.69, 9.17) is 10.00 Å². The molecule has 0 saturated carbocycles. The van der Waals surface area contributed by atoms with Crippen LogP contribution >= 0.6 is 24.4 Å². The number of carbonyl (C=O) groups is 1. The van der Waals surface area contributed by atoms with Crippen molar-refractivity contribution in [1.29, 1.82) is 5.26 Å². The number of rotatable bonds is 6. The van der Waals surface area contributed by atoms with E-state index in [1.165, 1.54) is 17.8 Å². The van der Waals surface area contributed by atoms with Crippen LogP contribution in [0, 0.1) is 11.3 Å². The molecule has 0 aromatic carbocycles. The fourth-order valence-corrected chi connectivity index (χ4v) is 2.25. The summed E-state index contributed by atoms with van der Waals surface area (Å²) in [6, 6.07) is 7.68. The van der Waals surface area contributed by atoms with Gasteiger partial charge in [0.05, 0.1) is 18.4 Å². The Hall–Kier alpha value is -1.71. The highest BCUT2D eigenvalue weighted by molar-refractivity contribution is 8.15. The predicted octanol–water partition coefficient (Wildman–Crippen LogP) is 2.41. The molecule has 0 aliphatic heterocycles. The third-order valence-electron chi connectivity index (χ3n) is 2.15. The summed E-state index contributed by atoms with van der Waals surface area (Å²) in [6.07, 6.45) is 6.66. The monoisotopic (exact) mass is 307 g/mol. The molecule has 0 amide bonds. The number of esters is 1. The molecule has 4 nitrogen and oxygen atoms in total. The molecular weight excluding hydrogens is 292 g/mol. The van der Waals surface area contributed by atoms with Gasteiger partial charge < -0.3 is 4.74 Å². The number of nitriles is 1. The van der Waals surface area contributed by atoms with Crippen molar-refractivity contribution in [3.8, 4) is 6.07 Å². The molecule has 0 unspecified atom stereocenters. The van der Waals surface area contributed by atoms with Crippen LogP contribution in [-0.4, -0.2) is 18.3 Å². The highest BCUT2D eigenvalue weighted by Gasteiger charge is 2.12. The first-order valence-corrected chi connectivity index (χ1v) is 7.36. The number of ether oxygens (including phenoxy) is 1. The van der Waals surface area contributed by atoms with Crippen LogP contribution in [0.15, 0.2) is 47.0 Å². The second kappa shape index (κ2) is 9.23. The van der Waals surface area contributed by atoms with E-state index in [0.29, 0.717) is 22.3 Å². The highest BCUT2D eigenvalue weighted by atomic mass is 32.2. The standard InChI is InChI=1S/C14H14N2O2S2/c1-2-18-13(17)7-6-12(14(19)20-11-8-15)16-9-4-3-5-10-16/h3-7,9-10H,2,11H2,1H3/p+1. The van der Waals surface area contributed by atoms with E-state index in [0.717, 1.165) is 0 Å². The average molecular weight is 307 g/mol. The number of hydrogen-bond donors (Lipinski definition) is 1. The molecule has 0 N–H and O–H groups in total. The zero-order valence-electron chi connectivity index (χ0n) is 11.0. The molecule has 1 rings (SSSR count). The third-order valence-corrected chi connectivity index (χ3v) is 3.52. The maximum atomic E-state index is 11.4. The molecule has 0 bridgehead atoms. The van der Waals surface area contributed by atoms with Gasteiger partial charge in [-0.15, -0.1) is 12.6 Å². The number of carbonyl (C=O) groups excluding carboxylic acids is 1. The van der Waals surface area contributed by atoms with E-state index in [-0.39, 0.29) is 0 Å².